The molecule has 0 saturated carbocycles. The maximum Gasteiger partial charge on any atom is 0.321 e. The number of nitrogens with two attached hydrogens (primary N) is 1. The van der Waals surface area contributed by atoms with Crippen LogP contribution in [-0.4, -0.2) is 49.6 Å². The van der Waals surface area contributed by atoms with Crippen LogP contribution in [0.4, 0.5) is 4.79 Å². The van der Waals surface area contributed by atoms with Gasteiger partial charge in [0, 0.05) is 32.6 Å². The molecular weight excluding hydrogens is 196 g/mol. The summed E-state index contributed by atoms with van der Waals surface area (Å²) in [5, 5.41) is 4.54. The third-order valence-electron chi connectivity index (χ3n) is 2.44. The van der Waals surface area contributed by atoms with Gasteiger partial charge in [-0.15, -0.1) is 0 Å². The highest BCUT2D eigenvalue weighted by Gasteiger charge is 2.19. The smallest absolute Gasteiger partial charge is 0.321 e. The molecule has 3 amide bonds. The van der Waals surface area contributed by atoms with Gasteiger partial charge < -0.3 is 16.0 Å². The largest absolute Gasteiger partial charge is 0.341 e. The van der Waals surface area contributed by atoms with Gasteiger partial charge in [0.2, 0.25) is 5.91 Å². The summed E-state index contributed by atoms with van der Waals surface area (Å²) in [4.78, 5) is 24.1. The van der Waals surface area contributed by atoms with Crippen LogP contribution >= 0.6 is 0 Å². The van der Waals surface area contributed by atoms with Crippen molar-refractivity contribution in [1.29, 1.82) is 0 Å². The highest BCUT2D eigenvalue weighted by molar-refractivity contribution is 5.94. The molecule has 15 heavy (non-hydrogen) atoms. The van der Waals surface area contributed by atoms with Gasteiger partial charge in [0.15, 0.2) is 0 Å². The second-order valence-corrected chi connectivity index (χ2v) is 3.73. The van der Waals surface area contributed by atoms with Crippen LogP contribution in [0.15, 0.2) is 0 Å². The summed E-state index contributed by atoms with van der Waals surface area (Å²) in [6, 6.07) is -0.231. The molecule has 6 heteroatoms. The van der Waals surface area contributed by atoms with Gasteiger partial charge >= 0.3 is 6.03 Å². The van der Waals surface area contributed by atoms with Crippen molar-refractivity contribution >= 4 is 11.9 Å². The Hall–Kier alpha value is -1.14. The molecule has 6 nitrogen and oxygen atoms in total. The molecule has 0 aromatic heterocycles. The molecule has 1 heterocycles. The van der Waals surface area contributed by atoms with Crippen LogP contribution in [0.25, 0.3) is 0 Å². The Labute approximate surface area is 89.2 Å². The van der Waals surface area contributed by atoms with Gasteiger partial charge in [-0.25, -0.2) is 4.79 Å². The lowest BCUT2D eigenvalue weighted by Gasteiger charge is -2.14. The molecule has 1 unspecified atom stereocenters. The fourth-order valence-corrected chi connectivity index (χ4v) is 1.58. The Kier molecular flexibility index (Phi) is 4.51. The minimum atomic E-state index is -0.460. The number of amides is 3. The summed E-state index contributed by atoms with van der Waals surface area (Å²) in [5.41, 5.74) is 5.73. The van der Waals surface area contributed by atoms with Crippen molar-refractivity contribution in [2.75, 3.05) is 26.7 Å². The van der Waals surface area contributed by atoms with Crippen LogP contribution in [0.2, 0.25) is 0 Å². The summed E-state index contributed by atoms with van der Waals surface area (Å²) in [6.45, 7) is 2.44. The van der Waals surface area contributed by atoms with Gasteiger partial charge in [-0.3, -0.25) is 10.1 Å². The van der Waals surface area contributed by atoms with E-state index in [1.54, 1.807) is 0 Å². The molecule has 4 N–H and O–H groups in total. The topological polar surface area (TPSA) is 87.5 Å². The van der Waals surface area contributed by atoms with Crippen molar-refractivity contribution in [3.05, 3.63) is 0 Å². The Balaban J connectivity index is 2.14. The number of imide groups is 1. The predicted octanol–water partition coefficient (Wildman–Crippen LogP) is -1.13. The van der Waals surface area contributed by atoms with Crippen LogP contribution in [0.5, 0.6) is 0 Å². The molecule has 0 aromatic carbocycles. The van der Waals surface area contributed by atoms with Crippen LogP contribution in [-0.2, 0) is 4.79 Å². The number of hydrogen-bond acceptors (Lipinski definition) is 4. The number of nitrogens with zero attached hydrogens (tertiary/aromatic N) is 1. The van der Waals surface area contributed by atoms with Gasteiger partial charge in [-0.1, -0.05) is 0 Å². The zero-order valence-corrected chi connectivity index (χ0v) is 8.95. The molecule has 0 bridgehead atoms. The van der Waals surface area contributed by atoms with Gasteiger partial charge in [0.05, 0.1) is 0 Å². The minimum absolute atomic E-state index is 0.229. The van der Waals surface area contributed by atoms with Crippen LogP contribution < -0.4 is 16.4 Å². The lowest BCUT2D eigenvalue weighted by atomic mass is 10.3. The van der Waals surface area contributed by atoms with E-state index in [0.29, 0.717) is 13.0 Å². The number of hydrogen-bond donors (Lipinski definition) is 3. The van der Waals surface area contributed by atoms with Crippen LogP contribution in [0.3, 0.4) is 0 Å². The van der Waals surface area contributed by atoms with E-state index in [1.807, 2.05) is 0 Å². The highest BCUT2D eigenvalue weighted by Crippen LogP contribution is 2.06. The standard InChI is InChI=1S/C9H18N4O2/c1-11-9(15)12-8(14)3-5-13-4-2-7(10)6-13/h7H,2-6,10H2,1H3,(H2,11,12,14,15). The SMILES string of the molecule is CNC(=O)NC(=O)CCN1CCC(N)C1. The molecule has 1 aliphatic heterocycles. The zero-order valence-electron chi connectivity index (χ0n) is 8.95. The normalized spacial score (nSPS) is 21.3. The van der Waals surface area contributed by atoms with Crippen molar-refractivity contribution in [1.82, 2.24) is 15.5 Å². The second-order valence-electron chi connectivity index (χ2n) is 3.73. The summed E-state index contributed by atoms with van der Waals surface area (Å²) in [7, 11) is 1.47. The Bertz CT molecular complexity index is 244. The first-order chi connectivity index (χ1) is 7.11. The summed E-state index contributed by atoms with van der Waals surface area (Å²) in [5.74, 6) is -0.255. The van der Waals surface area contributed by atoms with Crippen LogP contribution in [0.1, 0.15) is 12.8 Å². The summed E-state index contributed by atoms with van der Waals surface area (Å²) in [6.07, 6.45) is 1.32. The molecule has 1 aliphatic rings. The van der Waals surface area contributed by atoms with Gasteiger partial charge in [0.25, 0.3) is 0 Å². The third-order valence-corrected chi connectivity index (χ3v) is 2.44. The third kappa shape index (κ3) is 4.26. The second kappa shape index (κ2) is 5.67. The minimum Gasteiger partial charge on any atom is -0.341 e. The average molecular weight is 214 g/mol. The molecule has 86 valence electrons. The Morgan fingerprint density at radius 2 is 2.27 bits per heavy atom. The van der Waals surface area contributed by atoms with E-state index < -0.39 is 6.03 Å². The monoisotopic (exact) mass is 214 g/mol. The molecule has 0 aliphatic carbocycles. The predicted molar refractivity (Wildman–Crippen MR) is 56.2 cm³/mol. The van der Waals surface area contributed by atoms with Crippen molar-refractivity contribution in [2.24, 2.45) is 5.73 Å². The lowest BCUT2D eigenvalue weighted by molar-refractivity contribution is -0.120. The van der Waals surface area contributed by atoms with E-state index in [1.165, 1.54) is 7.05 Å². The number of urea groups is 1. The number of nitrogens with one attached hydrogen (secondary N) is 2. The zero-order chi connectivity index (χ0) is 11.3. The van der Waals surface area contributed by atoms with E-state index in [-0.39, 0.29) is 11.9 Å². The number of likely N-dealkylation sites (tertiary alicyclic amines) is 1. The quantitative estimate of drug-likeness (QED) is 0.554. The Morgan fingerprint density at radius 1 is 1.53 bits per heavy atom. The van der Waals surface area contributed by atoms with E-state index in [0.717, 1.165) is 19.5 Å². The Morgan fingerprint density at radius 3 is 2.80 bits per heavy atom. The fourth-order valence-electron chi connectivity index (χ4n) is 1.58. The van der Waals surface area contributed by atoms with Gasteiger partial charge in [-0.05, 0) is 13.0 Å². The fraction of sp³-hybridized carbons (Fsp3) is 0.778. The van der Waals surface area contributed by atoms with Crippen molar-refractivity contribution in [3.63, 3.8) is 0 Å². The van der Waals surface area contributed by atoms with Crippen molar-refractivity contribution < 1.29 is 9.59 Å². The van der Waals surface area contributed by atoms with E-state index in [4.69, 9.17) is 5.73 Å². The van der Waals surface area contributed by atoms with Gasteiger partial charge in [-0.2, -0.15) is 0 Å². The first kappa shape index (κ1) is 11.9. The number of carbonyl (C=O) groups excluding carboxylic acids is 2. The van der Waals surface area contributed by atoms with Crippen molar-refractivity contribution in [2.45, 2.75) is 18.9 Å². The molecule has 0 aromatic rings. The average Bonchev–Trinajstić information content (AvgIpc) is 2.61. The molecule has 1 atom stereocenters. The molecule has 1 fully saturated rings. The summed E-state index contributed by atoms with van der Waals surface area (Å²) < 4.78 is 0. The molecule has 1 saturated heterocycles. The molecule has 1 rings (SSSR count). The van der Waals surface area contributed by atoms with E-state index in [9.17, 15) is 9.59 Å². The molecular formula is C9H18N4O2. The summed E-state index contributed by atoms with van der Waals surface area (Å²) >= 11 is 0. The first-order valence-corrected chi connectivity index (χ1v) is 5.11. The number of carbonyl (C=O) groups is 2. The first-order valence-electron chi connectivity index (χ1n) is 5.11. The van der Waals surface area contributed by atoms with Crippen LogP contribution in [0, 0.1) is 0 Å². The maximum absolute atomic E-state index is 11.2. The van der Waals surface area contributed by atoms with E-state index in [2.05, 4.69) is 15.5 Å². The molecule has 0 spiro atoms. The number of rotatable bonds is 3. The molecule has 0 radical (unpaired) electrons. The maximum atomic E-state index is 11.2. The van der Waals surface area contributed by atoms with Gasteiger partial charge in [0.1, 0.15) is 0 Å². The lowest BCUT2D eigenvalue weighted by Crippen LogP contribution is -2.39. The van der Waals surface area contributed by atoms with E-state index >= 15 is 0 Å². The highest BCUT2D eigenvalue weighted by atomic mass is 16.2. The van der Waals surface area contributed by atoms with Crippen molar-refractivity contribution in [3.8, 4) is 0 Å².